The molecular weight excluding hydrogens is 276 g/mol. The van der Waals surface area contributed by atoms with E-state index in [0.717, 1.165) is 6.92 Å². The van der Waals surface area contributed by atoms with Gasteiger partial charge < -0.3 is 25.2 Å². The summed E-state index contributed by atoms with van der Waals surface area (Å²) in [5.41, 5.74) is 0. The molecule has 0 rings (SSSR count). The third kappa shape index (κ3) is 29.8. The molecule has 9 nitrogen and oxygen atoms in total. The summed E-state index contributed by atoms with van der Waals surface area (Å²) in [4.78, 5) is 39.9. The Labute approximate surface area is 115 Å². The van der Waals surface area contributed by atoms with Crippen molar-refractivity contribution in [3.8, 4) is 0 Å². The Bertz CT molecular complexity index is 309. The topological polar surface area (TPSA) is 158 Å². The third-order valence-electron chi connectivity index (χ3n) is 1.16. The molecule has 0 aromatic carbocycles. The monoisotopic (exact) mass is 296 g/mol. The second kappa shape index (κ2) is 15.1. The van der Waals surface area contributed by atoms with Crippen LogP contribution in [0.3, 0.4) is 0 Å². The van der Waals surface area contributed by atoms with Gasteiger partial charge >= 0.3 is 23.9 Å². The molecule has 1 atom stereocenters. The Morgan fingerprint density at radius 3 is 1.65 bits per heavy atom. The number of aliphatic hydroxyl groups is 2. The number of carbonyl (C=O) groups excluding carboxylic acids is 2. The summed E-state index contributed by atoms with van der Waals surface area (Å²) in [5.74, 6) is -3.80. The first-order valence-electron chi connectivity index (χ1n) is 5.53. The Morgan fingerprint density at radius 2 is 1.45 bits per heavy atom. The molecule has 0 heterocycles. The van der Waals surface area contributed by atoms with Gasteiger partial charge in [-0.1, -0.05) is 0 Å². The molecule has 0 radical (unpaired) electrons. The highest BCUT2D eigenvalue weighted by Crippen LogP contribution is 1.92. The van der Waals surface area contributed by atoms with Crippen LogP contribution in [0.5, 0.6) is 0 Å². The average Bonchev–Trinajstić information content (AvgIpc) is 2.27. The molecule has 0 fully saturated rings. The number of rotatable bonds is 4. The fourth-order valence-electron chi connectivity index (χ4n) is 0.420. The Balaban J connectivity index is -0.000000270. The van der Waals surface area contributed by atoms with Crippen molar-refractivity contribution in [2.75, 3.05) is 6.61 Å². The number of ether oxygens (including phenoxy) is 1. The first-order chi connectivity index (χ1) is 9.08. The van der Waals surface area contributed by atoms with Gasteiger partial charge in [0.05, 0.1) is 12.8 Å². The van der Waals surface area contributed by atoms with Crippen LogP contribution in [0.2, 0.25) is 0 Å². The molecule has 0 saturated heterocycles. The Kier molecular flexibility index (Phi) is 17.4. The van der Waals surface area contributed by atoms with Crippen LogP contribution >= 0.6 is 0 Å². The number of aliphatic carboxylic acids is 2. The summed E-state index contributed by atoms with van der Waals surface area (Å²) in [6.45, 7) is 4.21. The molecule has 0 bridgehead atoms. The second-order valence-electron chi connectivity index (χ2n) is 3.19. The van der Waals surface area contributed by atoms with E-state index in [0.29, 0.717) is 0 Å². The van der Waals surface area contributed by atoms with Gasteiger partial charge in [-0.25, -0.2) is 4.79 Å². The van der Waals surface area contributed by atoms with E-state index >= 15 is 0 Å². The number of hydrogen-bond donors (Lipinski definition) is 4. The molecule has 20 heavy (non-hydrogen) atoms. The standard InChI is InChI=1S/C6H8O5.C3H6O3.C2H6O/c1-4(7)11-6(10)3-2-5(8)9;1-2(4)3(5)6;1-2-3/h2-3H2,1H3,(H,8,9);2,4H,1H3,(H,5,6);3H,2H2,1H3. The molecular formula is C11H20O9. The molecule has 0 aliphatic heterocycles. The van der Waals surface area contributed by atoms with Crippen LogP contribution in [0.25, 0.3) is 0 Å². The van der Waals surface area contributed by atoms with Gasteiger partial charge in [-0.05, 0) is 13.8 Å². The van der Waals surface area contributed by atoms with E-state index in [1.807, 2.05) is 0 Å². The summed E-state index contributed by atoms with van der Waals surface area (Å²) in [6.07, 6.45) is -1.81. The summed E-state index contributed by atoms with van der Waals surface area (Å²) in [6, 6.07) is 0. The molecule has 0 aromatic rings. The Hall–Kier alpha value is -2.00. The van der Waals surface area contributed by atoms with E-state index < -0.39 is 30.0 Å². The molecule has 0 aromatic heterocycles. The Morgan fingerprint density at radius 1 is 1.10 bits per heavy atom. The van der Waals surface area contributed by atoms with Crippen molar-refractivity contribution < 1.29 is 44.3 Å². The van der Waals surface area contributed by atoms with Crippen LogP contribution < -0.4 is 0 Å². The third-order valence-corrected chi connectivity index (χ3v) is 1.16. The van der Waals surface area contributed by atoms with Crippen LogP contribution in [-0.2, 0) is 23.9 Å². The maximum atomic E-state index is 10.5. The highest BCUT2D eigenvalue weighted by molar-refractivity contribution is 5.85. The van der Waals surface area contributed by atoms with Crippen molar-refractivity contribution in [2.24, 2.45) is 0 Å². The first-order valence-corrected chi connectivity index (χ1v) is 5.53. The van der Waals surface area contributed by atoms with Gasteiger partial charge in [0.1, 0.15) is 6.10 Å². The van der Waals surface area contributed by atoms with Gasteiger partial charge in [0.2, 0.25) is 0 Å². The van der Waals surface area contributed by atoms with Crippen molar-refractivity contribution in [3.05, 3.63) is 0 Å². The van der Waals surface area contributed by atoms with E-state index in [4.69, 9.17) is 20.4 Å². The lowest BCUT2D eigenvalue weighted by atomic mass is 10.3. The maximum Gasteiger partial charge on any atom is 0.332 e. The number of aliphatic hydroxyl groups excluding tert-OH is 2. The van der Waals surface area contributed by atoms with Gasteiger partial charge in [0.15, 0.2) is 0 Å². The minimum atomic E-state index is -1.23. The number of carboxylic acid groups (broad SMARTS) is 2. The molecule has 0 aliphatic carbocycles. The quantitative estimate of drug-likeness (QED) is 0.392. The van der Waals surface area contributed by atoms with Gasteiger partial charge in [-0.2, -0.15) is 0 Å². The normalized spacial score (nSPS) is 9.85. The largest absolute Gasteiger partial charge is 0.481 e. The SMILES string of the molecule is CC(=O)OC(=O)CCC(=O)O.CC(O)C(=O)O.CCO. The van der Waals surface area contributed by atoms with E-state index in [2.05, 4.69) is 4.74 Å². The molecule has 118 valence electrons. The van der Waals surface area contributed by atoms with E-state index in [9.17, 15) is 19.2 Å². The predicted octanol–water partition coefficient (Wildman–Crippen LogP) is -0.609. The van der Waals surface area contributed by atoms with Gasteiger partial charge in [-0.15, -0.1) is 0 Å². The fourth-order valence-corrected chi connectivity index (χ4v) is 0.420. The van der Waals surface area contributed by atoms with Crippen molar-refractivity contribution in [3.63, 3.8) is 0 Å². The van der Waals surface area contributed by atoms with Crippen LogP contribution in [0.1, 0.15) is 33.6 Å². The van der Waals surface area contributed by atoms with E-state index in [1.54, 1.807) is 6.92 Å². The maximum absolute atomic E-state index is 10.5. The summed E-state index contributed by atoms with van der Waals surface area (Å²) >= 11 is 0. The summed E-state index contributed by atoms with van der Waals surface area (Å²) in [5, 5.41) is 31.4. The van der Waals surface area contributed by atoms with Crippen LogP contribution in [-0.4, -0.2) is 57.0 Å². The van der Waals surface area contributed by atoms with Crippen molar-refractivity contribution >= 4 is 23.9 Å². The lowest BCUT2D eigenvalue weighted by Gasteiger charge is -1.95. The molecule has 0 spiro atoms. The highest BCUT2D eigenvalue weighted by atomic mass is 16.6. The lowest BCUT2D eigenvalue weighted by molar-refractivity contribution is -0.159. The van der Waals surface area contributed by atoms with Crippen molar-refractivity contribution in [2.45, 2.75) is 39.7 Å². The average molecular weight is 296 g/mol. The molecule has 0 saturated carbocycles. The number of hydrogen-bond acceptors (Lipinski definition) is 7. The van der Waals surface area contributed by atoms with E-state index in [1.165, 1.54) is 6.92 Å². The minimum absolute atomic E-state index is 0.250. The number of carboxylic acids is 2. The van der Waals surface area contributed by atoms with Crippen molar-refractivity contribution in [1.82, 2.24) is 0 Å². The van der Waals surface area contributed by atoms with Crippen LogP contribution in [0.15, 0.2) is 0 Å². The van der Waals surface area contributed by atoms with Crippen LogP contribution in [0.4, 0.5) is 0 Å². The van der Waals surface area contributed by atoms with Crippen LogP contribution in [0, 0.1) is 0 Å². The fraction of sp³-hybridized carbons (Fsp3) is 0.636. The number of esters is 2. The molecule has 0 amide bonds. The van der Waals surface area contributed by atoms with Crippen molar-refractivity contribution in [1.29, 1.82) is 0 Å². The zero-order valence-corrected chi connectivity index (χ0v) is 11.5. The van der Waals surface area contributed by atoms with Gasteiger partial charge in [-0.3, -0.25) is 14.4 Å². The molecule has 1 unspecified atom stereocenters. The first kappa shape index (κ1) is 23.1. The zero-order chi connectivity index (χ0) is 16.7. The van der Waals surface area contributed by atoms with Gasteiger partial charge in [0.25, 0.3) is 0 Å². The smallest absolute Gasteiger partial charge is 0.332 e. The summed E-state index contributed by atoms with van der Waals surface area (Å²) in [7, 11) is 0. The number of carbonyl (C=O) groups is 4. The van der Waals surface area contributed by atoms with Gasteiger partial charge in [0, 0.05) is 13.5 Å². The molecule has 0 aliphatic rings. The summed E-state index contributed by atoms with van der Waals surface area (Å²) < 4.78 is 4.06. The minimum Gasteiger partial charge on any atom is -0.481 e. The second-order valence-corrected chi connectivity index (χ2v) is 3.19. The molecule has 9 heteroatoms. The molecule has 4 N–H and O–H groups in total. The zero-order valence-electron chi connectivity index (χ0n) is 11.5. The lowest BCUT2D eigenvalue weighted by Crippen LogP contribution is -2.13. The predicted molar refractivity (Wildman–Crippen MR) is 65.7 cm³/mol. The van der Waals surface area contributed by atoms with E-state index in [-0.39, 0.29) is 19.4 Å². The highest BCUT2D eigenvalue weighted by Gasteiger charge is 2.07.